The number of hydrogen-bond donors (Lipinski definition) is 1. The van der Waals surface area contributed by atoms with E-state index in [1.807, 2.05) is 18.2 Å². The second-order valence-electron chi connectivity index (χ2n) is 8.72. The number of rotatable bonds is 1. The predicted molar refractivity (Wildman–Crippen MR) is 89.2 cm³/mol. The number of aliphatic hydroxyl groups is 1. The highest BCUT2D eigenvalue weighted by molar-refractivity contribution is 5.24. The maximum atomic E-state index is 11.4. The van der Waals surface area contributed by atoms with Gasteiger partial charge in [-0.15, -0.1) is 0 Å². The molecule has 0 radical (unpaired) electrons. The SMILES string of the molecule is CC(C)(C)[C@H]1CN(C(C)(C)C)C[C@](O)(c2ccccc2)C1. The van der Waals surface area contributed by atoms with Crippen LogP contribution < -0.4 is 0 Å². The molecule has 2 atom stereocenters. The van der Waals surface area contributed by atoms with Crippen molar-refractivity contribution in [3.63, 3.8) is 0 Å². The summed E-state index contributed by atoms with van der Waals surface area (Å²) >= 11 is 0. The molecular formula is C19H31NO. The number of β-amino-alcohol motifs (C(OH)–C–C–N with tert-alkyl or cyclic N) is 1. The van der Waals surface area contributed by atoms with Crippen LogP contribution in [0.1, 0.15) is 53.5 Å². The van der Waals surface area contributed by atoms with Crippen LogP contribution in [0, 0.1) is 11.3 Å². The number of likely N-dealkylation sites (tertiary alicyclic amines) is 1. The zero-order valence-electron chi connectivity index (χ0n) is 14.5. The lowest BCUT2D eigenvalue weighted by molar-refractivity contribution is -0.103. The first-order valence-corrected chi connectivity index (χ1v) is 8.05. The Bertz CT molecular complexity index is 445. The van der Waals surface area contributed by atoms with E-state index in [9.17, 15) is 5.11 Å². The molecule has 0 unspecified atom stereocenters. The van der Waals surface area contributed by atoms with E-state index in [0.717, 1.165) is 18.5 Å². The topological polar surface area (TPSA) is 23.5 Å². The summed E-state index contributed by atoms with van der Waals surface area (Å²) < 4.78 is 0. The first-order chi connectivity index (χ1) is 9.52. The highest BCUT2D eigenvalue weighted by Crippen LogP contribution is 2.43. The summed E-state index contributed by atoms with van der Waals surface area (Å²) in [4.78, 5) is 2.44. The molecule has 0 amide bonds. The van der Waals surface area contributed by atoms with Crippen molar-refractivity contribution >= 4 is 0 Å². The molecule has 1 saturated heterocycles. The van der Waals surface area contributed by atoms with E-state index in [1.165, 1.54) is 0 Å². The fourth-order valence-corrected chi connectivity index (χ4v) is 3.23. The summed E-state index contributed by atoms with van der Waals surface area (Å²) in [5, 5.41) is 11.4. The number of hydrogen-bond acceptors (Lipinski definition) is 2. The smallest absolute Gasteiger partial charge is 0.103 e. The van der Waals surface area contributed by atoms with Gasteiger partial charge in [0.2, 0.25) is 0 Å². The first kappa shape index (κ1) is 16.5. The van der Waals surface area contributed by atoms with E-state index in [4.69, 9.17) is 0 Å². The molecule has 1 aromatic rings. The molecule has 1 heterocycles. The van der Waals surface area contributed by atoms with E-state index in [0.29, 0.717) is 12.5 Å². The van der Waals surface area contributed by atoms with Gasteiger partial charge in [-0.25, -0.2) is 0 Å². The molecule has 1 N–H and O–H groups in total. The van der Waals surface area contributed by atoms with Gasteiger partial charge in [-0.05, 0) is 44.1 Å². The van der Waals surface area contributed by atoms with Crippen molar-refractivity contribution in [2.45, 2.75) is 59.1 Å². The van der Waals surface area contributed by atoms with Gasteiger partial charge in [-0.2, -0.15) is 0 Å². The van der Waals surface area contributed by atoms with Crippen LogP contribution in [0.2, 0.25) is 0 Å². The van der Waals surface area contributed by atoms with E-state index in [2.05, 4.69) is 58.6 Å². The van der Waals surface area contributed by atoms with Crippen LogP contribution in [0.5, 0.6) is 0 Å². The number of nitrogens with zero attached hydrogens (tertiary/aromatic N) is 1. The summed E-state index contributed by atoms with van der Waals surface area (Å²) in [7, 11) is 0. The summed E-state index contributed by atoms with van der Waals surface area (Å²) in [6.45, 7) is 15.4. The molecule has 0 saturated carbocycles. The Morgan fingerprint density at radius 1 is 1.05 bits per heavy atom. The standard InChI is InChI=1S/C19H31NO/c1-17(2,3)16-12-19(21,15-10-8-7-9-11-15)14-20(13-16)18(4,5)6/h7-11,16,21H,12-14H2,1-6H3/t16-,19+/m1/s1. The zero-order chi connectivity index (χ0) is 15.9. The molecule has 0 aliphatic carbocycles. The minimum Gasteiger partial charge on any atom is -0.384 e. The maximum Gasteiger partial charge on any atom is 0.103 e. The van der Waals surface area contributed by atoms with Gasteiger partial charge in [0.25, 0.3) is 0 Å². The molecule has 2 nitrogen and oxygen atoms in total. The van der Waals surface area contributed by atoms with Crippen molar-refractivity contribution in [1.82, 2.24) is 4.90 Å². The van der Waals surface area contributed by atoms with E-state index in [-0.39, 0.29) is 11.0 Å². The zero-order valence-corrected chi connectivity index (χ0v) is 14.5. The summed E-state index contributed by atoms with van der Waals surface area (Å²) in [5.41, 5.74) is 0.581. The monoisotopic (exact) mass is 289 g/mol. The molecule has 2 rings (SSSR count). The molecule has 1 aromatic carbocycles. The third-order valence-corrected chi connectivity index (χ3v) is 4.96. The van der Waals surface area contributed by atoms with Gasteiger partial charge in [0, 0.05) is 18.6 Å². The average molecular weight is 289 g/mol. The molecule has 21 heavy (non-hydrogen) atoms. The van der Waals surface area contributed by atoms with Gasteiger partial charge in [0.05, 0.1) is 0 Å². The van der Waals surface area contributed by atoms with Crippen LogP contribution in [0.3, 0.4) is 0 Å². The van der Waals surface area contributed by atoms with Crippen LogP contribution in [0.15, 0.2) is 30.3 Å². The average Bonchev–Trinajstić information content (AvgIpc) is 2.37. The summed E-state index contributed by atoms with van der Waals surface area (Å²) in [6.07, 6.45) is 0.840. The summed E-state index contributed by atoms with van der Waals surface area (Å²) in [5.74, 6) is 0.482. The van der Waals surface area contributed by atoms with Crippen molar-refractivity contribution in [2.75, 3.05) is 13.1 Å². The normalized spacial score (nSPS) is 28.6. The van der Waals surface area contributed by atoms with Gasteiger partial charge >= 0.3 is 0 Å². The van der Waals surface area contributed by atoms with Crippen LogP contribution >= 0.6 is 0 Å². The summed E-state index contributed by atoms with van der Waals surface area (Å²) in [6, 6.07) is 10.2. The fraction of sp³-hybridized carbons (Fsp3) is 0.684. The molecule has 2 heteroatoms. The molecule has 0 spiro atoms. The van der Waals surface area contributed by atoms with Gasteiger partial charge in [-0.1, -0.05) is 51.1 Å². The van der Waals surface area contributed by atoms with Gasteiger partial charge in [0.1, 0.15) is 5.60 Å². The molecule has 0 aromatic heterocycles. The van der Waals surface area contributed by atoms with E-state index >= 15 is 0 Å². The number of benzene rings is 1. The second-order valence-corrected chi connectivity index (χ2v) is 8.72. The Morgan fingerprint density at radius 3 is 2.10 bits per heavy atom. The van der Waals surface area contributed by atoms with Crippen LogP contribution in [-0.2, 0) is 5.60 Å². The molecule has 1 fully saturated rings. The molecule has 1 aliphatic rings. The maximum absolute atomic E-state index is 11.4. The fourth-order valence-electron chi connectivity index (χ4n) is 3.23. The van der Waals surface area contributed by atoms with Crippen molar-refractivity contribution < 1.29 is 5.11 Å². The highest BCUT2D eigenvalue weighted by atomic mass is 16.3. The van der Waals surface area contributed by atoms with Crippen molar-refractivity contribution in [3.05, 3.63) is 35.9 Å². The number of piperidine rings is 1. The van der Waals surface area contributed by atoms with Crippen molar-refractivity contribution in [3.8, 4) is 0 Å². The van der Waals surface area contributed by atoms with E-state index in [1.54, 1.807) is 0 Å². The predicted octanol–water partition coefficient (Wildman–Crippen LogP) is 4.04. The molecule has 0 bridgehead atoms. The Kier molecular flexibility index (Phi) is 4.25. The van der Waals surface area contributed by atoms with Crippen molar-refractivity contribution in [1.29, 1.82) is 0 Å². The lowest BCUT2D eigenvalue weighted by Crippen LogP contribution is -2.58. The largest absolute Gasteiger partial charge is 0.384 e. The Labute approximate surface area is 130 Å². The third-order valence-electron chi connectivity index (χ3n) is 4.96. The van der Waals surface area contributed by atoms with Gasteiger partial charge in [-0.3, -0.25) is 4.90 Å². The first-order valence-electron chi connectivity index (χ1n) is 8.05. The molecular weight excluding hydrogens is 258 g/mol. The second kappa shape index (κ2) is 5.40. The third kappa shape index (κ3) is 3.67. The lowest BCUT2D eigenvalue weighted by Gasteiger charge is -2.52. The quantitative estimate of drug-likeness (QED) is 0.843. The minimum absolute atomic E-state index is 0.0761. The Hall–Kier alpha value is -0.860. The molecule has 118 valence electrons. The molecule has 1 aliphatic heterocycles. The highest BCUT2D eigenvalue weighted by Gasteiger charge is 2.45. The van der Waals surface area contributed by atoms with Gasteiger partial charge in [0.15, 0.2) is 0 Å². The minimum atomic E-state index is -0.745. The van der Waals surface area contributed by atoms with Crippen molar-refractivity contribution in [2.24, 2.45) is 11.3 Å². The lowest BCUT2D eigenvalue weighted by atomic mass is 9.69. The Balaban J connectivity index is 2.37. The van der Waals surface area contributed by atoms with Crippen LogP contribution in [-0.4, -0.2) is 28.6 Å². The van der Waals surface area contributed by atoms with Gasteiger partial charge < -0.3 is 5.11 Å². The van der Waals surface area contributed by atoms with Crippen LogP contribution in [0.25, 0.3) is 0 Å². The van der Waals surface area contributed by atoms with E-state index < -0.39 is 5.60 Å². The van der Waals surface area contributed by atoms with Crippen LogP contribution in [0.4, 0.5) is 0 Å². The Morgan fingerprint density at radius 2 is 1.62 bits per heavy atom.